The Bertz CT molecular complexity index is 794. The van der Waals surface area contributed by atoms with Crippen LogP contribution in [0, 0.1) is 13.8 Å². The number of aromatic nitrogens is 2. The Kier molecular flexibility index (Phi) is 8.71. The van der Waals surface area contributed by atoms with Crippen molar-refractivity contribution >= 4 is 5.96 Å². The topological polar surface area (TPSA) is 72.7 Å². The van der Waals surface area contributed by atoms with Gasteiger partial charge >= 0.3 is 0 Å². The van der Waals surface area contributed by atoms with Crippen LogP contribution < -0.4 is 10.6 Å². The molecule has 0 spiro atoms. The summed E-state index contributed by atoms with van der Waals surface area (Å²) in [5.41, 5.74) is 4.70. The lowest BCUT2D eigenvalue weighted by molar-refractivity contribution is -0.0390. The van der Waals surface area contributed by atoms with Gasteiger partial charge in [-0.1, -0.05) is 24.3 Å². The van der Waals surface area contributed by atoms with E-state index in [4.69, 9.17) is 9.47 Å². The fourth-order valence-electron chi connectivity index (χ4n) is 3.55. The van der Waals surface area contributed by atoms with Crippen molar-refractivity contribution in [2.45, 2.75) is 58.9 Å². The molecule has 1 aliphatic heterocycles. The zero-order valence-electron chi connectivity index (χ0n) is 18.5. The Morgan fingerprint density at radius 3 is 2.57 bits per heavy atom. The molecule has 7 nitrogen and oxygen atoms in total. The van der Waals surface area contributed by atoms with Gasteiger partial charge in [0.2, 0.25) is 0 Å². The minimum atomic E-state index is 0.329. The van der Waals surface area contributed by atoms with Gasteiger partial charge in [0, 0.05) is 45.6 Å². The molecule has 1 aromatic heterocycles. The molecule has 30 heavy (non-hydrogen) atoms. The lowest BCUT2D eigenvalue weighted by Crippen LogP contribution is -2.37. The van der Waals surface area contributed by atoms with E-state index in [2.05, 4.69) is 62.7 Å². The van der Waals surface area contributed by atoms with Gasteiger partial charge in [-0.3, -0.25) is 9.67 Å². The fraction of sp³-hybridized carbons (Fsp3) is 0.565. The van der Waals surface area contributed by atoms with E-state index in [1.54, 1.807) is 7.05 Å². The van der Waals surface area contributed by atoms with Crippen LogP contribution in [0.25, 0.3) is 0 Å². The van der Waals surface area contributed by atoms with Crippen LogP contribution in [-0.2, 0) is 29.2 Å². The Hall–Kier alpha value is -2.38. The van der Waals surface area contributed by atoms with E-state index in [-0.39, 0.29) is 0 Å². The largest absolute Gasteiger partial charge is 0.381 e. The van der Waals surface area contributed by atoms with Crippen molar-refractivity contribution in [3.8, 4) is 0 Å². The maximum atomic E-state index is 5.99. The van der Waals surface area contributed by atoms with Crippen molar-refractivity contribution in [1.29, 1.82) is 0 Å². The van der Waals surface area contributed by atoms with Crippen LogP contribution in [0.15, 0.2) is 35.3 Å². The van der Waals surface area contributed by atoms with Gasteiger partial charge in [-0.15, -0.1) is 0 Å². The number of hydrogen-bond acceptors (Lipinski definition) is 4. The summed E-state index contributed by atoms with van der Waals surface area (Å²) in [6.07, 6.45) is 3.31. The van der Waals surface area contributed by atoms with Gasteiger partial charge in [-0.05, 0) is 50.3 Å². The van der Waals surface area contributed by atoms with Crippen LogP contribution in [0.5, 0.6) is 0 Å². The summed E-state index contributed by atoms with van der Waals surface area (Å²) in [5, 5.41) is 11.2. The third kappa shape index (κ3) is 7.15. The molecule has 1 aromatic carbocycles. The molecule has 2 heterocycles. The second kappa shape index (κ2) is 11.7. The molecule has 2 aromatic rings. The van der Waals surface area contributed by atoms with Crippen LogP contribution in [0.2, 0.25) is 0 Å². The highest BCUT2D eigenvalue weighted by Gasteiger charge is 2.13. The van der Waals surface area contributed by atoms with Gasteiger partial charge in [0.25, 0.3) is 0 Å². The summed E-state index contributed by atoms with van der Waals surface area (Å²) < 4.78 is 13.4. The van der Waals surface area contributed by atoms with Crippen LogP contribution in [0.1, 0.15) is 41.8 Å². The van der Waals surface area contributed by atoms with Crippen LogP contribution >= 0.6 is 0 Å². The van der Waals surface area contributed by atoms with Crippen LogP contribution in [-0.4, -0.2) is 48.7 Å². The predicted molar refractivity (Wildman–Crippen MR) is 120 cm³/mol. The maximum Gasteiger partial charge on any atom is 0.191 e. The van der Waals surface area contributed by atoms with Crippen molar-refractivity contribution in [2.75, 3.05) is 26.8 Å². The minimum Gasteiger partial charge on any atom is -0.381 e. The molecule has 0 unspecified atom stereocenters. The van der Waals surface area contributed by atoms with Crippen molar-refractivity contribution in [3.05, 3.63) is 52.8 Å². The van der Waals surface area contributed by atoms with Gasteiger partial charge in [0.15, 0.2) is 5.96 Å². The molecule has 1 fully saturated rings. The quantitative estimate of drug-likeness (QED) is 0.376. The summed E-state index contributed by atoms with van der Waals surface area (Å²) in [7, 11) is 1.80. The van der Waals surface area contributed by atoms with E-state index in [0.717, 1.165) is 63.8 Å². The fourth-order valence-corrected chi connectivity index (χ4v) is 3.55. The smallest absolute Gasteiger partial charge is 0.191 e. The van der Waals surface area contributed by atoms with Crippen molar-refractivity contribution < 1.29 is 9.47 Å². The lowest BCUT2D eigenvalue weighted by Gasteiger charge is -2.22. The number of hydrogen-bond donors (Lipinski definition) is 2. The number of guanidine groups is 1. The van der Waals surface area contributed by atoms with E-state index in [0.29, 0.717) is 12.7 Å². The second-order valence-corrected chi connectivity index (χ2v) is 7.80. The van der Waals surface area contributed by atoms with E-state index in [1.165, 1.54) is 16.8 Å². The number of nitrogens with zero attached hydrogens (tertiary/aromatic N) is 3. The first kappa shape index (κ1) is 22.3. The van der Waals surface area contributed by atoms with Gasteiger partial charge < -0.3 is 20.1 Å². The number of rotatable bonds is 9. The third-order valence-electron chi connectivity index (χ3n) is 5.30. The zero-order valence-corrected chi connectivity index (χ0v) is 18.5. The zero-order chi connectivity index (χ0) is 21.2. The summed E-state index contributed by atoms with van der Waals surface area (Å²) in [4.78, 5) is 4.31. The SMILES string of the molecule is CN=C(NCCCn1nc(C)cc1C)NCc1ccc(COC2CCOCC2)cc1. The predicted octanol–water partition coefficient (Wildman–Crippen LogP) is 2.95. The highest BCUT2D eigenvalue weighted by Crippen LogP contribution is 2.14. The third-order valence-corrected chi connectivity index (χ3v) is 5.30. The Morgan fingerprint density at radius 2 is 1.90 bits per heavy atom. The molecule has 0 radical (unpaired) electrons. The molecule has 164 valence electrons. The highest BCUT2D eigenvalue weighted by molar-refractivity contribution is 5.79. The Balaban J connectivity index is 1.34. The Morgan fingerprint density at radius 1 is 1.17 bits per heavy atom. The summed E-state index contributed by atoms with van der Waals surface area (Å²) in [5.74, 6) is 0.815. The summed E-state index contributed by atoms with van der Waals surface area (Å²) in [6.45, 7) is 8.90. The normalized spacial score (nSPS) is 15.4. The summed E-state index contributed by atoms with van der Waals surface area (Å²) >= 11 is 0. The summed E-state index contributed by atoms with van der Waals surface area (Å²) in [6, 6.07) is 10.7. The molecule has 0 amide bonds. The Labute approximate surface area is 179 Å². The van der Waals surface area contributed by atoms with Crippen LogP contribution in [0.4, 0.5) is 0 Å². The van der Waals surface area contributed by atoms with E-state index >= 15 is 0 Å². The second-order valence-electron chi connectivity index (χ2n) is 7.80. The van der Waals surface area contributed by atoms with E-state index in [9.17, 15) is 0 Å². The molecule has 0 aliphatic carbocycles. The van der Waals surface area contributed by atoms with Gasteiger partial charge in [-0.25, -0.2) is 0 Å². The molecule has 0 bridgehead atoms. The molecular weight excluding hydrogens is 378 g/mol. The number of ether oxygens (including phenoxy) is 2. The minimum absolute atomic E-state index is 0.329. The molecule has 1 aliphatic rings. The first-order valence-electron chi connectivity index (χ1n) is 10.9. The van der Waals surface area contributed by atoms with Gasteiger partial charge in [0.05, 0.1) is 18.4 Å². The van der Waals surface area contributed by atoms with E-state index in [1.807, 2.05) is 6.92 Å². The molecule has 1 saturated heterocycles. The molecule has 0 saturated carbocycles. The van der Waals surface area contributed by atoms with Gasteiger partial charge in [-0.2, -0.15) is 5.10 Å². The molecule has 7 heteroatoms. The molecule has 2 N–H and O–H groups in total. The number of nitrogens with one attached hydrogen (secondary N) is 2. The first-order chi connectivity index (χ1) is 14.6. The standard InChI is InChI=1S/C23H35N5O2/c1-18-15-19(2)28(27-18)12-4-11-25-23(24-3)26-16-20-5-7-21(8-6-20)17-30-22-9-13-29-14-10-22/h5-8,15,22H,4,9-14,16-17H2,1-3H3,(H2,24,25,26). The average Bonchev–Trinajstić information content (AvgIpc) is 3.10. The lowest BCUT2D eigenvalue weighted by atomic mass is 10.1. The van der Waals surface area contributed by atoms with Gasteiger partial charge in [0.1, 0.15) is 0 Å². The average molecular weight is 414 g/mol. The number of aliphatic imine (C=N–C) groups is 1. The molecule has 3 rings (SSSR count). The molecular formula is C23H35N5O2. The number of aryl methyl sites for hydroxylation is 3. The van der Waals surface area contributed by atoms with Crippen molar-refractivity contribution in [2.24, 2.45) is 4.99 Å². The monoisotopic (exact) mass is 413 g/mol. The number of benzene rings is 1. The van der Waals surface area contributed by atoms with Crippen molar-refractivity contribution in [3.63, 3.8) is 0 Å². The van der Waals surface area contributed by atoms with Crippen molar-refractivity contribution in [1.82, 2.24) is 20.4 Å². The van der Waals surface area contributed by atoms with Crippen LogP contribution in [0.3, 0.4) is 0 Å². The molecule has 0 atom stereocenters. The highest BCUT2D eigenvalue weighted by atomic mass is 16.5. The first-order valence-corrected chi connectivity index (χ1v) is 10.9. The maximum absolute atomic E-state index is 5.99. The van der Waals surface area contributed by atoms with E-state index < -0.39 is 0 Å².